The molecular formula is C14H11ClFNO3S. The Balaban J connectivity index is 2.37. The molecule has 0 aromatic heterocycles. The number of halogens is 2. The highest BCUT2D eigenvalue weighted by Crippen LogP contribution is 2.24. The quantitative estimate of drug-likeness (QED) is 0.877. The van der Waals surface area contributed by atoms with Crippen molar-refractivity contribution < 1.29 is 17.1 Å². The Morgan fingerprint density at radius 1 is 1.19 bits per heavy atom. The van der Waals surface area contributed by atoms with E-state index in [2.05, 4.69) is 5.32 Å². The number of carbonyl (C=O) groups is 1. The van der Waals surface area contributed by atoms with Crippen LogP contribution in [0.2, 0.25) is 5.02 Å². The van der Waals surface area contributed by atoms with Gasteiger partial charge >= 0.3 is 10.2 Å². The molecule has 7 heteroatoms. The van der Waals surface area contributed by atoms with Crippen molar-refractivity contribution >= 4 is 33.4 Å². The van der Waals surface area contributed by atoms with Gasteiger partial charge in [0.2, 0.25) is 0 Å². The van der Waals surface area contributed by atoms with Crippen LogP contribution in [-0.2, 0) is 10.2 Å². The van der Waals surface area contributed by atoms with Crippen LogP contribution in [0.4, 0.5) is 9.57 Å². The molecule has 0 aliphatic carbocycles. The van der Waals surface area contributed by atoms with Gasteiger partial charge in [-0.05, 0) is 42.8 Å². The molecular weight excluding hydrogens is 317 g/mol. The van der Waals surface area contributed by atoms with E-state index in [1.54, 1.807) is 19.1 Å². The third-order valence-corrected chi connectivity index (χ3v) is 3.80. The number of aryl methyl sites for hydroxylation is 1. The largest absolute Gasteiger partial charge is 0.334 e. The zero-order chi connectivity index (χ0) is 15.6. The number of amides is 1. The van der Waals surface area contributed by atoms with Gasteiger partial charge in [0.1, 0.15) is 4.90 Å². The summed E-state index contributed by atoms with van der Waals surface area (Å²) in [5.41, 5.74) is 0.910. The number of rotatable bonds is 3. The number of hydrogen-bond acceptors (Lipinski definition) is 3. The van der Waals surface area contributed by atoms with E-state index in [1.807, 2.05) is 0 Å². The van der Waals surface area contributed by atoms with E-state index >= 15 is 0 Å². The van der Waals surface area contributed by atoms with Gasteiger partial charge < -0.3 is 5.32 Å². The summed E-state index contributed by atoms with van der Waals surface area (Å²) in [5, 5.41) is 2.75. The van der Waals surface area contributed by atoms with E-state index in [1.165, 1.54) is 24.3 Å². The molecule has 110 valence electrons. The van der Waals surface area contributed by atoms with Crippen LogP contribution in [0.3, 0.4) is 0 Å². The van der Waals surface area contributed by atoms with E-state index < -0.39 is 21.0 Å². The van der Waals surface area contributed by atoms with E-state index in [9.17, 15) is 17.1 Å². The van der Waals surface area contributed by atoms with Crippen LogP contribution in [0.25, 0.3) is 0 Å². The summed E-state index contributed by atoms with van der Waals surface area (Å²) in [5.74, 6) is -0.572. The van der Waals surface area contributed by atoms with Gasteiger partial charge in [-0.1, -0.05) is 23.7 Å². The predicted molar refractivity (Wildman–Crippen MR) is 78.9 cm³/mol. The molecule has 2 rings (SSSR count). The molecule has 0 saturated heterocycles. The van der Waals surface area contributed by atoms with Gasteiger partial charge in [0.05, 0.1) is 5.69 Å². The van der Waals surface area contributed by atoms with Crippen molar-refractivity contribution in [3.63, 3.8) is 0 Å². The molecule has 0 bridgehead atoms. The fourth-order valence-corrected chi connectivity index (χ4v) is 2.76. The number of carbonyl (C=O) groups excluding carboxylic acids is 1. The summed E-state index contributed by atoms with van der Waals surface area (Å²) in [7, 11) is -4.92. The Hall–Kier alpha value is -1.92. The fraction of sp³-hybridized carbons (Fsp3) is 0.0714. The monoisotopic (exact) mass is 327 g/mol. The first kappa shape index (κ1) is 15.5. The van der Waals surface area contributed by atoms with Crippen molar-refractivity contribution in [2.75, 3.05) is 5.32 Å². The van der Waals surface area contributed by atoms with Crippen molar-refractivity contribution in [1.29, 1.82) is 0 Å². The molecule has 0 unspecified atom stereocenters. The normalized spacial score (nSPS) is 11.2. The molecule has 2 aromatic rings. The van der Waals surface area contributed by atoms with E-state index in [0.717, 1.165) is 11.6 Å². The molecule has 1 N–H and O–H groups in total. The zero-order valence-electron chi connectivity index (χ0n) is 10.9. The lowest BCUT2D eigenvalue weighted by Gasteiger charge is -2.09. The van der Waals surface area contributed by atoms with Gasteiger partial charge in [0.25, 0.3) is 5.91 Å². The van der Waals surface area contributed by atoms with E-state index in [-0.39, 0.29) is 11.3 Å². The molecule has 0 radical (unpaired) electrons. The number of benzene rings is 2. The molecule has 0 heterocycles. The van der Waals surface area contributed by atoms with Crippen molar-refractivity contribution in [3.05, 3.63) is 58.6 Å². The van der Waals surface area contributed by atoms with Crippen molar-refractivity contribution in [2.24, 2.45) is 0 Å². The third kappa shape index (κ3) is 3.80. The molecule has 4 nitrogen and oxygen atoms in total. The number of anilines is 1. The average molecular weight is 328 g/mol. The first-order valence-electron chi connectivity index (χ1n) is 5.89. The maximum Gasteiger partial charge on any atom is 0.334 e. The zero-order valence-corrected chi connectivity index (χ0v) is 12.5. The summed E-state index contributed by atoms with van der Waals surface area (Å²) in [6.07, 6.45) is 0. The molecule has 0 spiro atoms. The van der Waals surface area contributed by atoms with Gasteiger partial charge in [0.15, 0.2) is 0 Å². The third-order valence-electron chi connectivity index (χ3n) is 2.70. The number of hydrogen-bond donors (Lipinski definition) is 1. The van der Waals surface area contributed by atoms with Gasteiger partial charge in [-0.15, -0.1) is 3.89 Å². The number of nitrogens with one attached hydrogen (secondary N) is 1. The van der Waals surface area contributed by atoms with Crippen LogP contribution in [0.5, 0.6) is 0 Å². The second-order valence-corrected chi connectivity index (χ2v) is 6.16. The highest BCUT2D eigenvalue weighted by atomic mass is 35.5. The summed E-state index contributed by atoms with van der Waals surface area (Å²) in [6, 6.07) is 9.96. The lowest BCUT2D eigenvalue weighted by Crippen LogP contribution is -2.14. The smallest absolute Gasteiger partial charge is 0.321 e. The molecule has 0 aliphatic heterocycles. The average Bonchev–Trinajstić information content (AvgIpc) is 2.37. The second-order valence-electron chi connectivity index (χ2n) is 4.41. The summed E-state index contributed by atoms with van der Waals surface area (Å²) < 4.78 is 35.2. The minimum Gasteiger partial charge on any atom is -0.321 e. The standard InChI is InChI=1S/C14H11ClFNO3S/c1-9-6-10(8-11(15)7-9)14(18)17-12-4-2-3-5-13(12)21(16,19)20/h2-8H,1H3,(H,17,18). The van der Waals surface area contributed by atoms with Crippen LogP contribution >= 0.6 is 11.6 Å². The SMILES string of the molecule is Cc1cc(Cl)cc(C(=O)Nc2ccccc2S(=O)(=O)F)c1. The molecule has 21 heavy (non-hydrogen) atoms. The molecule has 0 fully saturated rings. The summed E-state index contributed by atoms with van der Waals surface area (Å²) in [4.78, 5) is 11.5. The predicted octanol–water partition coefficient (Wildman–Crippen LogP) is 3.56. The molecule has 1 amide bonds. The summed E-state index contributed by atoms with van der Waals surface area (Å²) in [6.45, 7) is 1.77. The van der Waals surface area contributed by atoms with Gasteiger partial charge in [0, 0.05) is 10.6 Å². The Labute approximate surface area is 126 Å². The molecule has 2 aromatic carbocycles. The van der Waals surface area contributed by atoms with Crippen molar-refractivity contribution in [2.45, 2.75) is 11.8 Å². The first-order chi connectivity index (χ1) is 9.77. The number of para-hydroxylation sites is 1. The van der Waals surface area contributed by atoms with Crippen molar-refractivity contribution in [3.8, 4) is 0 Å². The lowest BCUT2D eigenvalue weighted by molar-refractivity contribution is 0.102. The highest BCUT2D eigenvalue weighted by Gasteiger charge is 2.18. The van der Waals surface area contributed by atoms with Crippen LogP contribution in [0.1, 0.15) is 15.9 Å². The summed E-state index contributed by atoms with van der Waals surface area (Å²) >= 11 is 5.87. The second kappa shape index (κ2) is 5.83. The molecule has 0 aliphatic rings. The Morgan fingerprint density at radius 3 is 2.48 bits per heavy atom. The highest BCUT2D eigenvalue weighted by molar-refractivity contribution is 7.86. The van der Waals surface area contributed by atoms with Crippen LogP contribution < -0.4 is 5.32 Å². The van der Waals surface area contributed by atoms with E-state index in [4.69, 9.17) is 11.6 Å². The van der Waals surface area contributed by atoms with Gasteiger partial charge in [-0.3, -0.25) is 4.79 Å². The Morgan fingerprint density at radius 2 is 1.86 bits per heavy atom. The molecule has 0 atom stereocenters. The van der Waals surface area contributed by atoms with Gasteiger partial charge in [-0.25, -0.2) is 0 Å². The van der Waals surface area contributed by atoms with Crippen molar-refractivity contribution in [1.82, 2.24) is 0 Å². The van der Waals surface area contributed by atoms with Crippen LogP contribution in [0, 0.1) is 6.92 Å². The molecule has 0 saturated carbocycles. The fourth-order valence-electron chi connectivity index (χ4n) is 1.84. The lowest BCUT2D eigenvalue weighted by atomic mass is 10.1. The Kier molecular flexibility index (Phi) is 4.29. The van der Waals surface area contributed by atoms with E-state index in [0.29, 0.717) is 5.02 Å². The first-order valence-corrected chi connectivity index (χ1v) is 7.66. The maximum absolute atomic E-state index is 13.2. The Bertz CT molecular complexity index is 785. The minimum absolute atomic E-state index is 0.123. The minimum atomic E-state index is -4.92. The maximum atomic E-state index is 13.2. The topological polar surface area (TPSA) is 63.2 Å². The van der Waals surface area contributed by atoms with Gasteiger partial charge in [-0.2, -0.15) is 8.42 Å². The van der Waals surface area contributed by atoms with Crippen LogP contribution in [-0.4, -0.2) is 14.3 Å². The van der Waals surface area contributed by atoms with Crippen LogP contribution in [0.15, 0.2) is 47.4 Å².